The molecule has 0 atom stereocenters. The largest absolute Gasteiger partial charge is 0.354 e. The molecule has 7 heteroatoms. The number of rotatable bonds is 5. The normalized spacial score (nSPS) is 10.6. The molecule has 0 radical (unpaired) electrons. The maximum Gasteiger partial charge on any atom is 0.241 e. The third-order valence-corrected chi connectivity index (χ3v) is 2.55. The van der Waals surface area contributed by atoms with Crippen molar-refractivity contribution in [2.24, 2.45) is 0 Å². The van der Waals surface area contributed by atoms with Crippen LogP contribution in [-0.2, 0) is 17.8 Å². The number of hydrogen-bond acceptors (Lipinski definition) is 4. The lowest BCUT2D eigenvalue weighted by Crippen LogP contribution is -2.30. The molecule has 0 aliphatic heterocycles. The molecule has 0 saturated carbocycles. The average molecular weight is 248 g/mol. The lowest BCUT2D eigenvalue weighted by Gasteiger charge is -2.05. The standard InChI is InChI=1S/C11H16N6O/c1-8-5-9(2)17(16-8)6-11(18)12-4-3-10-13-7-14-15-10/h5,7H,3-4,6H2,1-2H3,(H,12,18)(H,13,14,15). The molecule has 18 heavy (non-hydrogen) atoms. The Labute approximate surface area is 105 Å². The fourth-order valence-electron chi connectivity index (χ4n) is 1.70. The van der Waals surface area contributed by atoms with E-state index < -0.39 is 0 Å². The Balaban J connectivity index is 1.77. The Morgan fingerprint density at radius 2 is 2.33 bits per heavy atom. The van der Waals surface area contributed by atoms with E-state index in [-0.39, 0.29) is 12.5 Å². The molecule has 0 bridgehead atoms. The number of carbonyl (C=O) groups is 1. The van der Waals surface area contributed by atoms with Crippen molar-refractivity contribution in [1.82, 2.24) is 30.3 Å². The zero-order chi connectivity index (χ0) is 13.0. The van der Waals surface area contributed by atoms with Crippen LogP contribution in [0.1, 0.15) is 17.2 Å². The average Bonchev–Trinajstić information content (AvgIpc) is 2.90. The Morgan fingerprint density at radius 3 is 2.94 bits per heavy atom. The molecule has 0 fully saturated rings. The molecule has 0 aromatic carbocycles. The van der Waals surface area contributed by atoms with E-state index in [2.05, 4.69) is 25.6 Å². The zero-order valence-electron chi connectivity index (χ0n) is 10.5. The van der Waals surface area contributed by atoms with Crippen LogP contribution in [0.25, 0.3) is 0 Å². The Hall–Kier alpha value is -2.18. The third-order valence-electron chi connectivity index (χ3n) is 2.55. The van der Waals surface area contributed by atoms with Gasteiger partial charge in [0.2, 0.25) is 5.91 Å². The van der Waals surface area contributed by atoms with Gasteiger partial charge in [-0.2, -0.15) is 10.2 Å². The van der Waals surface area contributed by atoms with Crippen LogP contribution in [0.4, 0.5) is 0 Å². The van der Waals surface area contributed by atoms with Gasteiger partial charge in [0.15, 0.2) is 0 Å². The molecule has 0 spiro atoms. The van der Waals surface area contributed by atoms with E-state index in [0.29, 0.717) is 13.0 Å². The molecule has 0 unspecified atom stereocenters. The summed E-state index contributed by atoms with van der Waals surface area (Å²) in [6, 6.07) is 1.95. The Bertz CT molecular complexity index is 516. The lowest BCUT2D eigenvalue weighted by molar-refractivity contribution is -0.121. The predicted octanol–water partition coefficient (Wildman–Crippen LogP) is -0.0231. The first-order valence-corrected chi connectivity index (χ1v) is 5.77. The molecule has 0 saturated heterocycles. The first kappa shape index (κ1) is 12.3. The van der Waals surface area contributed by atoms with Crippen molar-refractivity contribution in [2.75, 3.05) is 6.54 Å². The van der Waals surface area contributed by atoms with Gasteiger partial charge in [0.05, 0.1) is 5.69 Å². The second-order valence-corrected chi connectivity index (χ2v) is 4.12. The highest BCUT2D eigenvalue weighted by Gasteiger charge is 2.06. The molecule has 2 aromatic heterocycles. The number of aryl methyl sites for hydroxylation is 2. The molecule has 7 nitrogen and oxygen atoms in total. The molecule has 96 valence electrons. The van der Waals surface area contributed by atoms with Crippen LogP contribution < -0.4 is 5.32 Å². The summed E-state index contributed by atoms with van der Waals surface area (Å²) in [5.74, 6) is 0.710. The molecule has 2 aromatic rings. The first-order chi connectivity index (χ1) is 8.65. The number of aromatic nitrogens is 5. The molecular weight excluding hydrogens is 232 g/mol. The maximum atomic E-state index is 11.7. The molecule has 2 rings (SSSR count). The van der Waals surface area contributed by atoms with Crippen LogP contribution >= 0.6 is 0 Å². The quantitative estimate of drug-likeness (QED) is 0.778. The summed E-state index contributed by atoms with van der Waals surface area (Å²) in [6.07, 6.45) is 2.09. The van der Waals surface area contributed by atoms with E-state index >= 15 is 0 Å². The van der Waals surface area contributed by atoms with Crippen molar-refractivity contribution in [1.29, 1.82) is 0 Å². The highest BCUT2D eigenvalue weighted by atomic mass is 16.2. The van der Waals surface area contributed by atoms with Gasteiger partial charge in [-0.25, -0.2) is 4.98 Å². The Kier molecular flexibility index (Phi) is 3.71. The predicted molar refractivity (Wildman–Crippen MR) is 64.8 cm³/mol. The monoisotopic (exact) mass is 248 g/mol. The van der Waals surface area contributed by atoms with Gasteiger partial charge in [0.25, 0.3) is 0 Å². The van der Waals surface area contributed by atoms with Crippen LogP contribution in [0.5, 0.6) is 0 Å². The second-order valence-electron chi connectivity index (χ2n) is 4.12. The summed E-state index contributed by atoms with van der Waals surface area (Å²) in [5.41, 5.74) is 1.90. The van der Waals surface area contributed by atoms with Gasteiger partial charge >= 0.3 is 0 Å². The topological polar surface area (TPSA) is 88.5 Å². The fourth-order valence-corrected chi connectivity index (χ4v) is 1.70. The summed E-state index contributed by atoms with van der Waals surface area (Å²) in [4.78, 5) is 15.7. The molecule has 1 amide bonds. The minimum atomic E-state index is -0.0549. The van der Waals surface area contributed by atoms with Gasteiger partial charge in [-0.1, -0.05) is 0 Å². The van der Waals surface area contributed by atoms with Gasteiger partial charge in [-0.3, -0.25) is 14.6 Å². The molecule has 2 heterocycles. The minimum absolute atomic E-state index is 0.0549. The van der Waals surface area contributed by atoms with Gasteiger partial charge in [-0.15, -0.1) is 0 Å². The van der Waals surface area contributed by atoms with Gasteiger partial charge in [-0.05, 0) is 19.9 Å². The third kappa shape index (κ3) is 3.16. The highest BCUT2D eigenvalue weighted by molar-refractivity contribution is 5.75. The minimum Gasteiger partial charge on any atom is -0.354 e. The SMILES string of the molecule is Cc1cc(C)n(CC(=O)NCCc2ncn[nH]2)n1. The number of nitrogens with zero attached hydrogens (tertiary/aromatic N) is 4. The zero-order valence-corrected chi connectivity index (χ0v) is 10.5. The number of amides is 1. The summed E-state index contributed by atoms with van der Waals surface area (Å²) in [6.45, 7) is 4.62. The summed E-state index contributed by atoms with van der Waals surface area (Å²) in [5, 5.41) is 13.5. The summed E-state index contributed by atoms with van der Waals surface area (Å²) in [7, 11) is 0. The van der Waals surface area contributed by atoms with Crippen molar-refractivity contribution in [3.8, 4) is 0 Å². The van der Waals surface area contributed by atoms with Crippen LogP contribution in [-0.4, -0.2) is 37.4 Å². The van der Waals surface area contributed by atoms with E-state index in [9.17, 15) is 4.79 Å². The maximum absolute atomic E-state index is 11.7. The van der Waals surface area contributed by atoms with Crippen LogP contribution in [0.2, 0.25) is 0 Å². The van der Waals surface area contributed by atoms with Gasteiger partial charge in [0, 0.05) is 18.7 Å². The van der Waals surface area contributed by atoms with Crippen LogP contribution in [0.3, 0.4) is 0 Å². The first-order valence-electron chi connectivity index (χ1n) is 5.77. The van der Waals surface area contributed by atoms with Crippen LogP contribution in [0.15, 0.2) is 12.4 Å². The van der Waals surface area contributed by atoms with Crippen molar-refractivity contribution in [2.45, 2.75) is 26.8 Å². The number of H-pyrrole nitrogens is 1. The second kappa shape index (κ2) is 5.44. The van der Waals surface area contributed by atoms with Crippen molar-refractivity contribution >= 4 is 5.91 Å². The van der Waals surface area contributed by atoms with Gasteiger partial charge < -0.3 is 5.32 Å². The summed E-state index contributed by atoms with van der Waals surface area (Å²) >= 11 is 0. The molecule has 2 N–H and O–H groups in total. The van der Waals surface area contributed by atoms with E-state index in [1.165, 1.54) is 6.33 Å². The molecular formula is C11H16N6O. The van der Waals surface area contributed by atoms with E-state index in [4.69, 9.17) is 0 Å². The highest BCUT2D eigenvalue weighted by Crippen LogP contribution is 2.00. The summed E-state index contributed by atoms with van der Waals surface area (Å²) < 4.78 is 1.69. The van der Waals surface area contributed by atoms with E-state index in [1.807, 2.05) is 19.9 Å². The van der Waals surface area contributed by atoms with Crippen molar-refractivity contribution in [3.05, 3.63) is 29.6 Å². The number of aromatic amines is 1. The molecule has 0 aliphatic carbocycles. The smallest absolute Gasteiger partial charge is 0.241 e. The van der Waals surface area contributed by atoms with Gasteiger partial charge in [0.1, 0.15) is 18.7 Å². The van der Waals surface area contributed by atoms with E-state index in [0.717, 1.165) is 17.2 Å². The number of hydrogen-bond donors (Lipinski definition) is 2. The number of nitrogens with one attached hydrogen (secondary N) is 2. The molecule has 0 aliphatic rings. The lowest BCUT2D eigenvalue weighted by atomic mass is 10.4. The fraction of sp³-hybridized carbons (Fsp3) is 0.455. The van der Waals surface area contributed by atoms with E-state index in [1.54, 1.807) is 4.68 Å². The number of carbonyl (C=O) groups excluding carboxylic acids is 1. The van der Waals surface area contributed by atoms with Crippen molar-refractivity contribution in [3.63, 3.8) is 0 Å². The van der Waals surface area contributed by atoms with Crippen LogP contribution in [0, 0.1) is 13.8 Å². The van der Waals surface area contributed by atoms with Crippen molar-refractivity contribution < 1.29 is 4.79 Å². The Morgan fingerprint density at radius 1 is 1.50 bits per heavy atom.